The second-order valence-corrected chi connectivity index (χ2v) is 9.69. The smallest absolute Gasteiger partial charge is 0.270 e. The second kappa shape index (κ2) is 11.3. The van der Waals surface area contributed by atoms with Gasteiger partial charge in [-0.2, -0.15) is 0 Å². The third kappa shape index (κ3) is 5.94. The van der Waals surface area contributed by atoms with Gasteiger partial charge in [-0.1, -0.05) is 30.4 Å². The molecule has 0 spiro atoms. The molecule has 0 radical (unpaired) electrons. The number of pyridine rings is 1. The highest BCUT2D eigenvalue weighted by Crippen LogP contribution is 2.30. The van der Waals surface area contributed by atoms with Crippen LogP contribution in [0.3, 0.4) is 0 Å². The fourth-order valence-corrected chi connectivity index (χ4v) is 5.18. The largest absolute Gasteiger partial charge is 0.497 e. The fraction of sp³-hybridized carbons (Fsp3) is 0.231. The molecule has 2 heterocycles. The Kier molecular flexibility index (Phi) is 7.91. The van der Waals surface area contributed by atoms with E-state index >= 15 is 0 Å². The van der Waals surface area contributed by atoms with Crippen molar-refractivity contribution in [3.8, 4) is 5.75 Å². The number of nitrogens with zero attached hydrogens (tertiary/aromatic N) is 3. The van der Waals surface area contributed by atoms with Crippen molar-refractivity contribution in [2.24, 2.45) is 0 Å². The Morgan fingerprint density at radius 3 is 2.40 bits per heavy atom. The zero-order chi connectivity index (χ0) is 24.7. The van der Waals surface area contributed by atoms with Crippen LogP contribution in [0, 0.1) is 0 Å². The van der Waals surface area contributed by atoms with Gasteiger partial charge in [0.2, 0.25) is 0 Å². The van der Waals surface area contributed by atoms with Gasteiger partial charge in [-0.3, -0.25) is 14.7 Å². The van der Waals surface area contributed by atoms with Crippen molar-refractivity contribution in [2.45, 2.75) is 4.90 Å². The number of carbonyl (C=O) groups excluding carboxylic acids is 1. The van der Waals surface area contributed by atoms with Gasteiger partial charge in [0.15, 0.2) is 0 Å². The zero-order valence-corrected chi connectivity index (χ0v) is 20.2. The lowest BCUT2D eigenvalue weighted by molar-refractivity contribution is -0.119. The van der Waals surface area contributed by atoms with Gasteiger partial charge in [0.1, 0.15) is 5.75 Å². The number of rotatable bonds is 8. The van der Waals surface area contributed by atoms with E-state index in [1.807, 2.05) is 23.1 Å². The number of benzene rings is 2. The number of aromatic nitrogens is 1. The molecule has 0 saturated carbocycles. The summed E-state index contributed by atoms with van der Waals surface area (Å²) in [5.41, 5.74) is 1.78. The van der Waals surface area contributed by atoms with E-state index < -0.39 is 15.9 Å². The Bertz CT molecular complexity index is 1270. The third-order valence-electron chi connectivity index (χ3n) is 5.60. The quantitative estimate of drug-likeness (QED) is 0.476. The zero-order valence-electron chi connectivity index (χ0n) is 19.4. The average molecular weight is 494 g/mol. The maximum absolute atomic E-state index is 13.8. The second-order valence-electron chi connectivity index (χ2n) is 7.90. The summed E-state index contributed by atoms with van der Waals surface area (Å²) in [6.07, 6.45) is 7.00. The van der Waals surface area contributed by atoms with Gasteiger partial charge < -0.3 is 9.47 Å². The molecule has 1 fully saturated rings. The molecule has 35 heavy (non-hydrogen) atoms. The number of amides is 1. The number of anilines is 1. The molecule has 0 aliphatic carbocycles. The van der Waals surface area contributed by atoms with Gasteiger partial charge in [-0.25, -0.2) is 12.7 Å². The van der Waals surface area contributed by atoms with E-state index in [4.69, 9.17) is 9.47 Å². The fourth-order valence-electron chi connectivity index (χ4n) is 3.74. The molecular weight excluding hydrogens is 466 g/mol. The minimum absolute atomic E-state index is 0.00143. The molecule has 0 bridgehead atoms. The molecule has 1 aliphatic heterocycles. The highest BCUT2D eigenvalue weighted by atomic mass is 32.2. The minimum Gasteiger partial charge on any atom is -0.497 e. The first kappa shape index (κ1) is 24.6. The lowest BCUT2D eigenvalue weighted by Gasteiger charge is -2.30. The summed E-state index contributed by atoms with van der Waals surface area (Å²) in [5, 5.41) is 0. The molecule has 1 aromatic heterocycles. The number of hydrogen-bond donors (Lipinski definition) is 0. The molecule has 0 atom stereocenters. The summed E-state index contributed by atoms with van der Waals surface area (Å²) < 4.78 is 39.1. The van der Waals surface area contributed by atoms with E-state index in [1.165, 1.54) is 19.2 Å². The lowest BCUT2D eigenvalue weighted by Crippen LogP contribution is -2.47. The van der Waals surface area contributed by atoms with E-state index in [1.54, 1.807) is 54.9 Å². The Labute approximate surface area is 205 Å². The highest BCUT2D eigenvalue weighted by molar-refractivity contribution is 7.93. The van der Waals surface area contributed by atoms with E-state index in [0.29, 0.717) is 37.6 Å². The SMILES string of the molecule is COc1ccc(S(=O)(=O)N(C(=O)CN2CCOCC2)c2ccccc2C=Cc2ccncc2)cc1. The van der Waals surface area contributed by atoms with E-state index in [2.05, 4.69) is 4.98 Å². The van der Waals surface area contributed by atoms with Crippen LogP contribution < -0.4 is 9.04 Å². The van der Waals surface area contributed by atoms with Crippen molar-refractivity contribution in [1.82, 2.24) is 9.88 Å². The van der Waals surface area contributed by atoms with Crippen molar-refractivity contribution >= 4 is 33.8 Å². The standard InChI is InChI=1S/C26H27N3O5S/c1-33-23-8-10-24(11-9-23)35(31,32)29(26(30)20-28-16-18-34-19-17-28)25-5-3-2-4-22(25)7-6-21-12-14-27-15-13-21/h2-15H,16-20H2,1H3. The maximum atomic E-state index is 13.8. The van der Waals surface area contributed by atoms with E-state index in [0.717, 1.165) is 9.87 Å². The molecule has 1 amide bonds. The maximum Gasteiger partial charge on any atom is 0.270 e. The number of para-hydroxylation sites is 1. The predicted molar refractivity (Wildman–Crippen MR) is 135 cm³/mol. The minimum atomic E-state index is -4.21. The molecule has 1 saturated heterocycles. The first-order valence-electron chi connectivity index (χ1n) is 11.2. The van der Waals surface area contributed by atoms with Crippen LogP contribution in [0.1, 0.15) is 11.1 Å². The Balaban J connectivity index is 1.75. The Morgan fingerprint density at radius 1 is 1.03 bits per heavy atom. The van der Waals surface area contributed by atoms with Crippen molar-refractivity contribution in [3.05, 3.63) is 84.2 Å². The molecule has 0 unspecified atom stereocenters. The monoisotopic (exact) mass is 493 g/mol. The molecule has 3 aromatic rings. The summed E-state index contributed by atoms with van der Waals surface area (Å²) in [7, 11) is -2.70. The Morgan fingerprint density at radius 2 is 1.71 bits per heavy atom. The van der Waals surface area contributed by atoms with Crippen LogP contribution in [0.25, 0.3) is 12.2 Å². The number of methoxy groups -OCH3 is 1. The van der Waals surface area contributed by atoms with Crippen LogP contribution in [-0.4, -0.2) is 64.2 Å². The van der Waals surface area contributed by atoms with Gasteiger partial charge >= 0.3 is 0 Å². The number of morpholine rings is 1. The van der Waals surface area contributed by atoms with Gasteiger partial charge in [-0.15, -0.1) is 0 Å². The van der Waals surface area contributed by atoms with Crippen LogP contribution >= 0.6 is 0 Å². The predicted octanol–water partition coefficient (Wildman–Crippen LogP) is 3.31. The first-order chi connectivity index (χ1) is 17.0. The number of sulfonamides is 1. The summed E-state index contributed by atoms with van der Waals surface area (Å²) in [4.78, 5) is 19.5. The van der Waals surface area contributed by atoms with Crippen molar-refractivity contribution in [3.63, 3.8) is 0 Å². The Hall–Kier alpha value is -3.53. The number of ether oxygens (including phenoxy) is 2. The topological polar surface area (TPSA) is 89.0 Å². The number of hydrogen-bond acceptors (Lipinski definition) is 7. The molecule has 0 N–H and O–H groups in total. The summed E-state index contributed by atoms with van der Waals surface area (Å²) >= 11 is 0. The molecule has 182 valence electrons. The molecule has 8 nitrogen and oxygen atoms in total. The first-order valence-corrected chi connectivity index (χ1v) is 12.6. The third-order valence-corrected chi connectivity index (χ3v) is 7.35. The van der Waals surface area contributed by atoms with Crippen LogP contribution in [0.5, 0.6) is 5.75 Å². The summed E-state index contributed by atoms with van der Waals surface area (Å²) in [5.74, 6) is -0.0108. The van der Waals surface area contributed by atoms with Crippen molar-refractivity contribution < 1.29 is 22.7 Å². The summed E-state index contributed by atoms with van der Waals surface area (Å²) in [6.45, 7) is 2.09. The summed E-state index contributed by atoms with van der Waals surface area (Å²) in [6, 6.07) is 16.6. The lowest BCUT2D eigenvalue weighted by atomic mass is 10.1. The van der Waals surface area contributed by atoms with Gasteiger partial charge in [0.25, 0.3) is 15.9 Å². The highest BCUT2D eigenvalue weighted by Gasteiger charge is 2.33. The van der Waals surface area contributed by atoms with Crippen LogP contribution in [0.4, 0.5) is 5.69 Å². The number of carbonyl (C=O) groups is 1. The van der Waals surface area contributed by atoms with Crippen LogP contribution in [0.2, 0.25) is 0 Å². The molecule has 2 aromatic carbocycles. The molecule has 9 heteroatoms. The molecular formula is C26H27N3O5S. The molecule has 4 rings (SSSR count). The van der Waals surface area contributed by atoms with Gasteiger partial charge in [0, 0.05) is 25.5 Å². The van der Waals surface area contributed by atoms with Gasteiger partial charge in [-0.05, 0) is 53.6 Å². The average Bonchev–Trinajstić information content (AvgIpc) is 2.89. The van der Waals surface area contributed by atoms with Crippen LogP contribution in [-0.2, 0) is 19.6 Å². The van der Waals surface area contributed by atoms with Crippen LogP contribution in [0.15, 0.2) is 78.0 Å². The molecule has 1 aliphatic rings. The van der Waals surface area contributed by atoms with Crippen molar-refractivity contribution in [2.75, 3.05) is 44.3 Å². The van der Waals surface area contributed by atoms with E-state index in [9.17, 15) is 13.2 Å². The van der Waals surface area contributed by atoms with Gasteiger partial charge in [0.05, 0.1) is 37.5 Å². The normalized spacial score (nSPS) is 14.7. The van der Waals surface area contributed by atoms with Crippen molar-refractivity contribution in [1.29, 1.82) is 0 Å². The van der Waals surface area contributed by atoms with E-state index in [-0.39, 0.29) is 17.1 Å².